The number of H-pyrrole nitrogens is 1. The van der Waals surface area contributed by atoms with Crippen molar-refractivity contribution < 1.29 is 27.7 Å². The number of esters is 1. The van der Waals surface area contributed by atoms with Crippen molar-refractivity contribution in [2.45, 2.75) is 13.1 Å². The average molecular weight is 260 g/mol. The molecule has 0 aliphatic rings. The molecule has 1 heterocycles. The van der Waals surface area contributed by atoms with E-state index in [9.17, 15) is 18.0 Å². The Bertz CT molecular complexity index is 547. The van der Waals surface area contributed by atoms with Crippen LogP contribution < -0.4 is 10.7 Å². The lowest BCUT2D eigenvalue weighted by Crippen LogP contribution is -2.27. The predicted octanol–water partition coefficient (Wildman–Crippen LogP) is 1.07. The van der Waals surface area contributed by atoms with Crippen LogP contribution in [0.2, 0.25) is 0 Å². The second kappa shape index (κ2) is 4.52. The van der Waals surface area contributed by atoms with E-state index in [4.69, 9.17) is 11.0 Å². The minimum atomic E-state index is -4.89. The highest BCUT2D eigenvalue weighted by Gasteiger charge is 2.42. The monoisotopic (exact) mass is 260 g/mol. The van der Waals surface area contributed by atoms with Gasteiger partial charge in [0.05, 0.1) is 7.11 Å². The number of nitrogens with one attached hydrogen (secondary N) is 1. The van der Waals surface area contributed by atoms with Crippen molar-refractivity contribution >= 4 is 11.8 Å². The summed E-state index contributed by atoms with van der Waals surface area (Å²) < 4.78 is 43.1. The second-order valence-corrected chi connectivity index (χ2v) is 3.39. The highest BCUT2D eigenvalue weighted by molar-refractivity contribution is 5.93. The van der Waals surface area contributed by atoms with E-state index in [1.165, 1.54) is 13.0 Å². The summed E-state index contributed by atoms with van der Waals surface area (Å²) in [6.07, 6.45) is -4.89. The maximum absolute atomic E-state index is 12.9. The molecular formula is C10H9F3N3O2+. The molecule has 0 atom stereocenters. The van der Waals surface area contributed by atoms with Gasteiger partial charge in [-0.1, -0.05) is 0 Å². The van der Waals surface area contributed by atoms with Gasteiger partial charge in [-0.05, 0) is 6.92 Å². The zero-order valence-electron chi connectivity index (χ0n) is 9.47. The third kappa shape index (κ3) is 2.20. The fraction of sp³-hybridized carbons (Fsp3) is 0.300. The summed E-state index contributed by atoms with van der Waals surface area (Å²) in [5.41, 5.74) is 2.24. The van der Waals surface area contributed by atoms with E-state index in [1.54, 1.807) is 0 Å². The number of aromatic amines is 1. The number of aryl methyl sites for hydroxylation is 1. The number of carbonyl (C=O) groups excluding carboxylic acids is 1. The van der Waals surface area contributed by atoms with Crippen molar-refractivity contribution in [1.82, 2.24) is 0 Å². The van der Waals surface area contributed by atoms with Gasteiger partial charge in [-0.2, -0.15) is 18.4 Å². The molecule has 96 valence electrons. The first-order chi connectivity index (χ1) is 8.23. The molecule has 3 N–H and O–H groups in total. The number of aromatic nitrogens is 1. The quantitative estimate of drug-likeness (QED) is 0.764. The summed E-state index contributed by atoms with van der Waals surface area (Å²) >= 11 is 0. The van der Waals surface area contributed by atoms with E-state index in [1.807, 2.05) is 0 Å². The molecule has 0 aliphatic carbocycles. The summed E-state index contributed by atoms with van der Waals surface area (Å²) in [5, 5.41) is 8.73. The summed E-state index contributed by atoms with van der Waals surface area (Å²) in [6.45, 7) is 1.24. The Balaban J connectivity index is 3.81. The van der Waals surface area contributed by atoms with Crippen LogP contribution in [0.15, 0.2) is 0 Å². The number of hydrogen-bond donors (Lipinski definition) is 1. The predicted molar refractivity (Wildman–Crippen MR) is 53.2 cm³/mol. The molecule has 0 amide bonds. The lowest BCUT2D eigenvalue weighted by Gasteiger charge is -2.13. The first-order valence-corrected chi connectivity index (χ1v) is 4.65. The molecule has 5 nitrogen and oxygen atoms in total. The Morgan fingerprint density at radius 1 is 1.50 bits per heavy atom. The van der Waals surface area contributed by atoms with Crippen LogP contribution in [0.1, 0.15) is 27.2 Å². The molecule has 0 saturated heterocycles. The minimum Gasteiger partial charge on any atom is -0.465 e. The van der Waals surface area contributed by atoms with Crippen LogP contribution in [-0.4, -0.2) is 13.1 Å². The number of nitrogens with zero attached hydrogens (tertiary/aromatic N) is 1. The molecule has 0 unspecified atom stereocenters. The Morgan fingerprint density at radius 3 is 2.44 bits per heavy atom. The Labute approximate surface area is 100.0 Å². The Hall–Kier alpha value is -2.30. The molecule has 1 aromatic rings. The lowest BCUT2D eigenvalue weighted by molar-refractivity contribution is -0.371. The summed E-state index contributed by atoms with van der Waals surface area (Å²) in [7, 11) is 0.949. The molecule has 0 aliphatic heterocycles. The fourth-order valence-electron chi connectivity index (χ4n) is 1.53. The molecule has 1 aromatic heterocycles. The van der Waals surface area contributed by atoms with Gasteiger partial charge >= 0.3 is 12.1 Å². The van der Waals surface area contributed by atoms with E-state index in [0.717, 1.165) is 7.11 Å². The molecule has 18 heavy (non-hydrogen) atoms. The van der Waals surface area contributed by atoms with Gasteiger partial charge in [0.15, 0.2) is 5.56 Å². The first-order valence-electron chi connectivity index (χ1n) is 4.65. The number of halogens is 3. The van der Waals surface area contributed by atoms with Crippen molar-refractivity contribution in [2.24, 2.45) is 0 Å². The highest BCUT2D eigenvalue weighted by atomic mass is 19.4. The topological polar surface area (TPSA) is 90.2 Å². The van der Waals surface area contributed by atoms with E-state index in [0.29, 0.717) is 0 Å². The van der Waals surface area contributed by atoms with Gasteiger partial charge in [0.2, 0.25) is 0 Å². The number of alkyl halides is 3. The number of nitrogen functional groups attached to an aromatic ring is 1. The number of hydrogen-bond acceptors (Lipinski definition) is 4. The molecule has 0 saturated carbocycles. The van der Waals surface area contributed by atoms with Gasteiger partial charge in [0, 0.05) is 0 Å². The maximum Gasteiger partial charge on any atom is 0.418 e. The van der Waals surface area contributed by atoms with E-state index in [-0.39, 0.29) is 5.69 Å². The number of ether oxygens (including phenoxy) is 1. The van der Waals surface area contributed by atoms with Crippen molar-refractivity contribution in [3.63, 3.8) is 0 Å². The number of carbonyl (C=O) groups is 1. The van der Waals surface area contributed by atoms with Crippen molar-refractivity contribution in [3.8, 4) is 6.07 Å². The molecule has 0 fully saturated rings. The molecule has 0 bridgehead atoms. The molecule has 1 rings (SSSR count). The van der Waals surface area contributed by atoms with Crippen LogP contribution in [0.3, 0.4) is 0 Å². The van der Waals surface area contributed by atoms with Crippen LogP contribution in [-0.2, 0) is 10.9 Å². The second-order valence-electron chi connectivity index (χ2n) is 3.39. The first kappa shape index (κ1) is 13.8. The number of pyridine rings is 1. The summed E-state index contributed by atoms with van der Waals surface area (Å²) in [4.78, 5) is 13.7. The Morgan fingerprint density at radius 2 is 2.06 bits per heavy atom. The zero-order valence-corrected chi connectivity index (χ0v) is 9.47. The largest absolute Gasteiger partial charge is 0.465 e. The van der Waals surface area contributed by atoms with Crippen LogP contribution >= 0.6 is 0 Å². The van der Waals surface area contributed by atoms with E-state index >= 15 is 0 Å². The van der Waals surface area contributed by atoms with Crippen molar-refractivity contribution in [1.29, 1.82) is 5.26 Å². The molecule has 0 aromatic carbocycles. The smallest absolute Gasteiger partial charge is 0.418 e. The standard InChI is InChI=1S/C10H8F3N3O2/c1-4-6(9(17)18-2)7(10(11,12)13)5(3-14)8(15)16-4/h1-2H3,(H2,15,16)/p+1. The number of methoxy groups -OCH3 is 1. The van der Waals surface area contributed by atoms with Crippen molar-refractivity contribution in [3.05, 3.63) is 22.4 Å². The molecular weight excluding hydrogens is 251 g/mol. The van der Waals surface area contributed by atoms with Crippen LogP contribution in [0.5, 0.6) is 0 Å². The maximum atomic E-state index is 12.9. The van der Waals surface area contributed by atoms with Gasteiger partial charge in [-0.25, -0.2) is 9.78 Å². The van der Waals surface area contributed by atoms with Gasteiger partial charge in [-0.15, -0.1) is 0 Å². The van der Waals surface area contributed by atoms with Crippen molar-refractivity contribution in [2.75, 3.05) is 12.8 Å². The number of anilines is 1. The SMILES string of the molecule is COC(=O)c1c(C)[nH+]c(N)c(C#N)c1C(F)(F)F. The third-order valence-electron chi connectivity index (χ3n) is 2.25. The van der Waals surface area contributed by atoms with Gasteiger partial charge in [-0.3, -0.25) is 5.73 Å². The average Bonchev–Trinajstić information content (AvgIpc) is 2.26. The number of nitriles is 1. The summed E-state index contributed by atoms with van der Waals surface area (Å²) in [5.74, 6) is -1.64. The van der Waals surface area contributed by atoms with Crippen LogP contribution in [0.25, 0.3) is 0 Å². The highest BCUT2D eigenvalue weighted by Crippen LogP contribution is 2.36. The van der Waals surface area contributed by atoms with E-state index < -0.39 is 34.7 Å². The van der Waals surface area contributed by atoms with Gasteiger partial charge in [0.1, 0.15) is 22.9 Å². The fourth-order valence-corrected chi connectivity index (χ4v) is 1.53. The third-order valence-corrected chi connectivity index (χ3v) is 2.25. The van der Waals surface area contributed by atoms with Gasteiger partial charge < -0.3 is 4.74 Å². The van der Waals surface area contributed by atoms with E-state index in [2.05, 4.69) is 9.72 Å². The summed E-state index contributed by atoms with van der Waals surface area (Å²) in [6, 6.07) is 1.33. The Kier molecular flexibility index (Phi) is 3.46. The number of nitrogens with two attached hydrogens (primary N) is 1. The van der Waals surface area contributed by atoms with Crippen LogP contribution in [0, 0.1) is 18.3 Å². The minimum absolute atomic E-state index is 0.120. The normalized spacial score (nSPS) is 10.9. The molecule has 8 heteroatoms. The van der Waals surface area contributed by atoms with Crippen LogP contribution in [0.4, 0.5) is 19.0 Å². The molecule has 0 radical (unpaired) electrons. The lowest BCUT2D eigenvalue weighted by atomic mass is 10.0. The van der Waals surface area contributed by atoms with Gasteiger partial charge in [0.25, 0.3) is 5.82 Å². The zero-order chi connectivity index (χ0) is 14.1. The molecule has 0 spiro atoms. The number of rotatable bonds is 1.